The number of ketones is 1. The fourth-order valence-electron chi connectivity index (χ4n) is 2.83. The zero-order valence-electron chi connectivity index (χ0n) is 10.3. The van der Waals surface area contributed by atoms with Crippen LogP contribution in [0.5, 0.6) is 0 Å². The van der Waals surface area contributed by atoms with Gasteiger partial charge in [0, 0.05) is 11.8 Å². The number of carbonyl (C=O) groups is 1. The predicted molar refractivity (Wildman–Crippen MR) is 60.2 cm³/mol. The molecule has 1 rings (SSSR count). The van der Waals surface area contributed by atoms with E-state index in [0.717, 1.165) is 19.3 Å². The maximum absolute atomic E-state index is 12.1. The van der Waals surface area contributed by atoms with Gasteiger partial charge in [-0.25, -0.2) is 0 Å². The summed E-state index contributed by atoms with van der Waals surface area (Å²) < 4.78 is 0. The lowest BCUT2D eigenvalue weighted by Gasteiger charge is -2.47. The highest BCUT2D eigenvalue weighted by molar-refractivity contribution is 5.86. The Bertz CT molecular complexity index is 227. The molecule has 0 bridgehead atoms. The first-order valence-corrected chi connectivity index (χ1v) is 5.83. The molecule has 1 aliphatic rings. The second kappa shape index (κ2) is 3.67. The Kier molecular flexibility index (Phi) is 3.08. The summed E-state index contributed by atoms with van der Waals surface area (Å²) in [6, 6.07) is 0. The molecule has 1 fully saturated rings. The van der Waals surface area contributed by atoms with Crippen molar-refractivity contribution in [3.8, 4) is 0 Å². The van der Waals surface area contributed by atoms with E-state index < -0.39 is 0 Å². The molecule has 0 aromatic rings. The van der Waals surface area contributed by atoms with Crippen LogP contribution in [0.4, 0.5) is 0 Å². The van der Waals surface area contributed by atoms with Crippen LogP contribution in [-0.2, 0) is 4.79 Å². The van der Waals surface area contributed by atoms with Gasteiger partial charge in [0.2, 0.25) is 0 Å². The van der Waals surface area contributed by atoms with Crippen LogP contribution in [0.1, 0.15) is 60.3 Å². The predicted octanol–water partition coefficient (Wildman–Crippen LogP) is 3.82. The van der Waals surface area contributed by atoms with E-state index in [0.29, 0.717) is 11.7 Å². The van der Waals surface area contributed by atoms with Gasteiger partial charge in [0.05, 0.1) is 0 Å². The zero-order chi connectivity index (χ0) is 11.0. The molecule has 82 valence electrons. The molecule has 0 N–H and O–H groups in total. The van der Waals surface area contributed by atoms with Gasteiger partial charge in [-0.1, -0.05) is 34.6 Å². The van der Waals surface area contributed by atoms with Crippen LogP contribution in [0, 0.1) is 16.7 Å². The van der Waals surface area contributed by atoms with E-state index in [1.165, 1.54) is 6.42 Å². The van der Waals surface area contributed by atoms with Crippen molar-refractivity contribution in [2.24, 2.45) is 16.7 Å². The summed E-state index contributed by atoms with van der Waals surface area (Å²) in [5, 5.41) is 0. The summed E-state index contributed by atoms with van der Waals surface area (Å²) >= 11 is 0. The lowest BCUT2D eigenvalue weighted by molar-refractivity contribution is -0.140. The van der Waals surface area contributed by atoms with Crippen LogP contribution in [0.25, 0.3) is 0 Å². The Morgan fingerprint density at radius 3 is 2.29 bits per heavy atom. The third-order valence-electron chi connectivity index (χ3n) is 4.13. The van der Waals surface area contributed by atoms with Crippen LogP contribution in [0.2, 0.25) is 0 Å². The lowest BCUT2D eigenvalue weighted by Crippen LogP contribution is -2.46. The molecule has 1 unspecified atom stereocenters. The van der Waals surface area contributed by atoms with Crippen LogP contribution in [0.15, 0.2) is 0 Å². The quantitative estimate of drug-likeness (QED) is 0.656. The first-order chi connectivity index (χ1) is 6.29. The molecule has 0 aromatic heterocycles. The van der Waals surface area contributed by atoms with Crippen molar-refractivity contribution in [3.05, 3.63) is 0 Å². The topological polar surface area (TPSA) is 17.1 Å². The summed E-state index contributed by atoms with van der Waals surface area (Å²) in [7, 11) is 0. The smallest absolute Gasteiger partial charge is 0.139 e. The Labute approximate surface area is 88.3 Å². The van der Waals surface area contributed by atoms with E-state index in [4.69, 9.17) is 0 Å². The summed E-state index contributed by atoms with van der Waals surface area (Å²) in [5.41, 5.74) is 0.103. The normalized spacial score (nSPS) is 32.3. The fraction of sp³-hybridized carbons (Fsp3) is 0.923. The molecule has 0 radical (unpaired) electrons. The molecular formula is C13H24O. The molecule has 0 aliphatic heterocycles. The van der Waals surface area contributed by atoms with Crippen molar-refractivity contribution in [1.29, 1.82) is 0 Å². The van der Waals surface area contributed by atoms with Crippen LogP contribution < -0.4 is 0 Å². The second-order valence-electron chi connectivity index (χ2n) is 6.09. The van der Waals surface area contributed by atoms with E-state index in [9.17, 15) is 4.79 Å². The lowest BCUT2D eigenvalue weighted by atomic mass is 9.55. The number of hydrogen-bond acceptors (Lipinski definition) is 1. The maximum atomic E-state index is 12.1. The summed E-state index contributed by atoms with van der Waals surface area (Å²) in [6.45, 7) is 11.1. The number of Topliss-reactive ketones (excluding diaryl/α,β-unsaturated/α-hetero) is 1. The molecular weight excluding hydrogens is 172 g/mol. The highest BCUT2D eigenvalue weighted by Gasteiger charge is 2.48. The number of hydrogen-bond donors (Lipinski definition) is 0. The van der Waals surface area contributed by atoms with E-state index >= 15 is 0 Å². The van der Waals surface area contributed by atoms with E-state index in [1.54, 1.807) is 0 Å². The van der Waals surface area contributed by atoms with Crippen LogP contribution in [-0.4, -0.2) is 5.78 Å². The molecule has 0 saturated heterocycles. The van der Waals surface area contributed by atoms with Gasteiger partial charge in [-0.15, -0.1) is 0 Å². The molecule has 0 spiro atoms. The SMILES string of the molecule is CC(C)CC1(C)C(=O)CCCC1(C)C. The zero-order valence-corrected chi connectivity index (χ0v) is 10.3. The Balaban J connectivity index is 2.93. The van der Waals surface area contributed by atoms with Gasteiger partial charge >= 0.3 is 0 Å². The number of carbonyl (C=O) groups excluding carboxylic acids is 1. The van der Waals surface area contributed by atoms with Gasteiger partial charge in [0.15, 0.2) is 0 Å². The van der Waals surface area contributed by atoms with Crippen LogP contribution in [0.3, 0.4) is 0 Å². The van der Waals surface area contributed by atoms with Crippen LogP contribution >= 0.6 is 0 Å². The van der Waals surface area contributed by atoms with Crippen molar-refractivity contribution in [3.63, 3.8) is 0 Å². The van der Waals surface area contributed by atoms with E-state index in [-0.39, 0.29) is 10.8 Å². The standard InChI is InChI=1S/C13H24O/c1-10(2)9-13(5)11(14)7-6-8-12(13,3)4/h10H,6-9H2,1-5H3. The minimum atomic E-state index is -0.0839. The minimum absolute atomic E-state index is 0.0839. The second-order valence-corrected chi connectivity index (χ2v) is 6.09. The molecule has 1 saturated carbocycles. The Morgan fingerprint density at radius 2 is 1.86 bits per heavy atom. The van der Waals surface area contributed by atoms with E-state index in [1.807, 2.05) is 0 Å². The maximum Gasteiger partial charge on any atom is 0.139 e. The Morgan fingerprint density at radius 1 is 1.29 bits per heavy atom. The largest absolute Gasteiger partial charge is 0.299 e. The highest BCUT2D eigenvalue weighted by atomic mass is 16.1. The summed E-state index contributed by atoms with van der Waals surface area (Å²) in [4.78, 5) is 12.1. The van der Waals surface area contributed by atoms with E-state index in [2.05, 4.69) is 34.6 Å². The van der Waals surface area contributed by atoms with Gasteiger partial charge < -0.3 is 0 Å². The Hall–Kier alpha value is -0.330. The summed E-state index contributed by atoms with van der Waals surface area (Å²) in [6.07, 6.45) is 4.12. The van der Waals surface area contributed by atoms with Gasteiger partial charge in [-0.05, 0) is 30.6 Å². The average molecular weight is 196 g/mol. The molecule has 1 atom stereocenters. The number of rotatable bonds is 2. The van der Waals surface area contributed by atoms with Crippen molar-refractivity contribution < 1.29 is 4.79 Å². The molecule has 1 heteroatoms. The molecule has 14 heavy (non-hydrogen) atoms. The van der Waals surface area contributed by atoms with Crippen molar-refractivity contribution in [1.82, 2.24) is 0 Å². The fourth-order valence-corrected chi connectivity index (χ4v) is 2.83. The van der Waals surface area contributed by atoms with Gasteiger partial charge in [0.25, 0.3) is 0 Å². The van der Waals surface area contributed by atoms with Gasteiger partial charge in [0.1, 0.15) is 5.78 Å². The first-order valence-electron chi connectivity index (χ1n) is 5.83. The third-order valence-corrected chi connectivity index (χ3v) is 4.13. The highest BCUT2D eigenvalue weighted by Crippen LogP contribution is 2.51. The molecule has 0 amide bonds. The van der Waals surface area contributed by atoms with Crippen molar-refractivity contribution in [2.75, 3.05) is 0 Å². The molecule has 0 aromatic carbocycles. The molecule has 1 aliphatic carbocycles. The third kappa shape index (κ3) is 1.87. The summed E-state index contributed by atoms with van der Waals surface area (Å²) in [5.74, 6) is 1.10. The molecule has 0 heterocycles. The van der Waals surface area contributed by atoms with Crippen molar-refractivity contribution >= 4 is 5.78 Å². The monoisotopic (exact) mass is 196 g/mol. The van der Waals surface area contributed by atoms with Crippen molar-refractivity contribution in [2.45, 2.75) is 60.3 Å². The van der Waals surface area contributed by atoms with Gasteiger partial charge in [-0.3, -0.25) is 4.79 Å². The van der Waals surface area contributed by atoms with Gasteiger partial charge in [-0.2, -0.15) is 0 Å². The average Bonchev–Trinajstić information content (AvgIpc) is 1.99. The first kappa shape index (κ1) is 11.7. The minimum Gasteiger partial charge on any atom is -0.299 e. The molecule has 1 nitrogen and oxygen atoms in total.